The van der Waals surface area contributed by atoms with Crippen molar-refractivity contribution in [2.24, 2.45) is 16.2 Å². The molecule has 0 saturated heterocycles. The van der Waals surface area contributed by atoms with Gasteiger partial charge in [0.15, 0.2) is 16.5 Å². The van der Waals surface area contributed by atoms with Gasteiger partial charge in [-0.15, -0.1) is 0 Å². The second kappa shape index (κ2) is 27.6. The highest BCUT2D eigenvalue weighted by Crippen LogP contribution is 2.72. The molecule has 2 atom stereocenters. The number of imide groups is 1. The molecule has 6 N–H and O–H groups in total. The molecule has 2 unspecified atom stereocenters. The molecule has 0 radical (unpaired) electrons. The summed E-state index contributed by atoms with van der Waals surface area (Å²) in [6, 6.07) is 20.1. The smallest absolute Gasteiger partial charge is 0.410 e. The average molecular weight is 1310 g/mol. The van der Waals surface area contributed by atoms with Crippen LogP contribution in [0.5, 0.6) is 0 Å². The van der Waals surface area contributed by atoms with Crippen LogP contribution < -0.4 is 20.9 Å². The summed E-state index contributed by atoms with van der Waals surface area (Å²) in [6.07, 6.45) is 16.3. The summed E-state index contributed by atoms with van der Waals surface area (Å²) in [6.45, 7) is 8.77. The standard InChI is InChI=1S/C67H78N11O13PS/c1-44-50(48-19-20-53(72-58(48)61(84)85)76-29-24-46-14-8-16-49(51(46)36-76)60(83)74-62-73-59-52(93-62)17-9-25-69-59)35-70-78(44)43-66-38-64(2)37-65(3,39-66)41-67(40-64,42-66)91-32-30-75(27-11-33-92(87,88)89)63(86)90-31-10-13-45-12-7-15-47(34-45)71-55(80)23-26-68-54(79)18-5-4-6-28-77-56(81)21-22-57(77)82/h7-10,12-17,19-22,25,34-35H,4-6,11,18,23-24,26-33,36-43H2,1-3H3,(H,68,79)(H,71,80)(H,84,85)(H2,87,88,89)(H,69,73,74,83)/b13-10+. The van der Waals surface area contributed by atoms with Crippen molar-refractivity contribution in [3.05, 3.63) is 131 Å². The summed E-state index contributed by atoms with van der Waals surface area (Å²) in [5.41, 5.74) is 5.13. The predicted molar refractivity (Wildman–Crippen MR) is 349 cm³/mol. The fourth-order valence-electron chi connectivity index (χ4n) is 15.6. The topological polar surface area (TPSA) is 318 Å². The lowest BCUT2D eigenvalue weighted by molar-refractivity contribution is -0.248. The molecule has 6 amide bonds. The van der Waals surface area contributed by atoms with Crippen LogP contribution in [0.25, 0.3) is 27.6 Å². The largest absolute Gasteiger partial charge is 0.476 e. The first-order chi connectivity index (χ1) is 44.4. The molecule has 6 aromatic rings. The number of amides is 6. The third-order valence-corrected chi connectivity index (χ3v) is 20.2. The first-order valence-corrected chi connectivity index (χ1v) is 34.2. The summed E-state index contributed by atoms with van der Waals surface area (Å²) in [5.74, 6) is -2.14. The normalized spacial score (nSPS) is 21.4. The number of carboxylic acids is 1. The van der Waals surface area contributed by atoms with Gasteiger partial charge in [-0.3, -0.25) is 43.4 Å². The van der Waals surface area contributed by atoms with Gasteiger partial charge in [-0.25, -0.2) is 19.6 Å². The van der Waals surface area contributed by atoms with Crippen molar-refractivity contribution in [2.75, 3.05) is 67.6 Å². The number of rotatable bonds is 28. The molecule has 0 spiro atoms. The first-order valence-electron chi connectivity index (χ1n) is 31.6. The van der Waals surface area contributed by atoms with Crippen LogP contribution in [0.15, 0.2) is 97.4 Å². The number of thiazole rings is 1. The minimum absolute atomic E-state index is 0.0299. The number of hydrogen-bond donors (Lipinski definition) is 6. The van der Waals surface area contributed by atoms with E-state index in [4.69, 9.17) is 19.6 Å². The van der Waals surface area contributed by atoms with Gasteiger partial charge in [0.2, 0.25) is 11.8 Å². The molecule has 4 fully saturated rings. The van der Waals surface area contributed by atoms with E-state index < -0.39 is 31.4 Å². The molecule has 12 rings (SSSR count). The zero-order chi connectivity index (χ0) is 65.7. The number of nitrogens with one attached hydrogen (secondary N) is 3. The molecule has 4 bridgehead atoms. The van der Waals surface area contributed by atoms with Crippen LogP contribution in [0.1, 0.15) is 134 Å². The minimum atomic E-state index is -4.35. The molecule has 2 aromatic carbocycles. The van der Waals surface area contributed by atoms with Gasteiger partial charge in [0.05, 0.1) is 29.3 Å². The molecular weight excluding hydrogens is 1230 g/mol. The number of ether oxygens (including phenoxy) is 2. The Bertz CT molecular complexity index is 3920. The zero-order valence-corrected chi connectivity index (χ0v) is 54.1. The molecule has 4 saturated carbocycles. The number of nitrogens with zero attached hydrogens (tertiary/aromatic N) is 8. The number of fused-ring (bicyclic) bond motifs is 2. The van der Waals surface area contributed by atoms with E-state index >= 15 is 0 Å². The van der Waals surface area contributed by atoms with E-state index in [0.717, 1.165) is 60.0 Å². The maximum Gasteiger partial charge on any atom is 0.410 e. The summed E-state index contributed by atoms with van der Waals surface area (Å²) < 4.78 is 27.5. The van der Waals surface area contributed by atoms with Crippen LogP contribution in [0.2, 0.25) is 0 Å². The van der Waals surface area contributed by atoms with Gasteiger partial charge in [0.1, 0.15) is 12.4 Å². The van der Waals surface area contributed by atoms with Gasteiger partial charge in [-0.05, 0) is 153 Å². The highest BCUT2D eigenvalue weighted by molar-refractivity contribution is 7.51. The number of aromatic carboxylic acids is 1. The second-order valence-corrected chi connectivity index (χ2v) is 29.1. The quantitative estimate of drug-likeness (QED) is 0.0151. The summed E-state index contributed by atoms with van der Waals surface area (Å²) in [4.78, 5) is 127. The Morgan fingerprint density at radius 2 is 1.62 bits per heavy atom. The molecule has 24 nitrogen and oxygen atoms in total. The number of carbonyl (C=O) groups is 7. The Morgan fingerprint density at radius 3 is 2.39 bits per heavy atom. The van der Waals surface area contributed by atoms with Crippen LogP contribution in [0.4, 0.5) is 21.4 Å². The van der Waals surface area contributed by atoms with E-state index in [9.17, 15) is 53.0 Å². The lowest BCUT2D eigenvalue weighted by Gasteiger charge is -2.69. The van der Waals surface area contributed by atoms with Crippen molar-refractivity contribution in [3.8, 4) is 11.1 Å². The van der Waals surface area contributed by atoms with Gasteiger partial charge in [-0.2, -0.15) is 10.1 Å². The second-order valence-electron chi connectivity index (χ2n) is 26.3. The molecule has 4 aliphatic carbocycles. The summed E-state index contributed by atoms with van der Waals surface area (Å²) >= 11 is 1.35. The van der Waals surface area contributed by atoms with E-state index in [1.165, 1.54) is 33.3 Å². The molecule has 6 aliphatic rings. The Kier molecular flexibility index (Phi) is 19.6. The lowest BCUT2D eigenvalue weighted by Crippen LogP contribution is -2.64. The zero-order valence-electron chi connectivity index (χ0n) is 52.4. The van der Waals surface area contributed by atoms with Crippen molar-refractivity contribution in [1.29, 1.82) is 0 Å². The molecule has 490 valence electrons. The Morgan fingerprint density at radius 1 is 0.839 bits per heavy atom. The fourth-order valence-corrected chi connectivity index (χ4v) is 17.0. The van der Waals surface area contributed by atoms with Gasteiger partial charge in [0, 0.05) is 105 Å². The van der Waals surface area contributed by atoms with E-state index in [-0.39, 0.29) is 104 Å². The summed E-state index contributed by atoms with van der Waals surface area (Å²) in [5, 5.41) is 24.6. The van der Waals surface area contributed by atoms with E-state index in [0.29, 0.717) is 96.4 Å². The number of benzene rings is 2. The average Bonchev–Trinajstić information content (AvgIpc) is 0.738. The molecule has 6 heterocycles. The Balaban J connectivity index is 0.684. The van der Waals surface area contributed by atoms with E-state index in [2.05, 4.69) is 39.8 Å². The van der Waals surface area contributed by atoms with Crippen LogP contribution >= 0.6 is 18.9 Å². The van der Waals surface area contributed by atoms with Crippen molar-refractivity contribution in [1.82, 2.24) is 39.8 Å². The van der Waals surface area contributed by atoms with Crippen LogP contribution in [0, 0.1) is 23.2 Å². The van der Waals surface area contributed by atoms with Gasteiger partial charge >= 0.3 is 19.7 Å². The van der Waals surface area contributed by atoms with Crippen molar-refractivity contribution >= 4 is 93.6 Å². The molecular formula is C67H78N11O13PS. The Hall–Kier alpha value is -8.48. The predicted octanol–water partition coefficient (Wildman–Crippen LogP) is 9.56. The maximum absolute atomic E-state index is 13.8. The molecule has 93 heavy (non-hydrogen) atoms. The lowest BCUT2D eigenvalue weighted by atomic mass is 9.39. The minimum Gasteiger partial charge on any atom is -0.476 e. The van der Waals surface area contributed by atoms with E-state index in [1.807, 2.05) is 52.9 Å². The highest BCUT2D eigenvalue weighted by Gasteiger charge is 2.66. The number of hydrogen-bond acceptors (Lipinski definition) is 16. The monoisotopic (exact) mass is 1310 g/mol. The molecule has 4 aromatic heterocycles. The van der Waals surface area contributed by atoms with Gasteiger partial charge < -0.3 is 44.8 Å². The third-order valence-electron chi connectivity index (χ3n) is 18.4. The van der Waals surface area contributed by atoms with Crippen LogP contribution in [0.3, 0.4) is 0 Å². The van der Waals surface area contributed by atoms with Gasteiger partial charge in [-0.1, -0.05) is 61.9 Å². The van der Waals surface area contributed by atoms with Crippen LogP contribution in [-0.2, 0) is 52.7 Å². The fraction of sp³-hybridized carbons (Fsp3) is 0.448. The number of pyridine rings is 2. The SMILES string of the molecule is Cc1c(-c2ccc(N3CCc4cccc(C(=O)Nc5nc6ncccc6s5)c4C3)nc2C(=O)O)cnn1CC12CC3(C)CC(C)(C1)CC(OCCN(CCCP(=O)(O)O)C(=O)OC/C=C/c1cccc(NC(=O)CCNC(=O)CCCCCN4C(=O)C=CC4=O)c1)(C3)C2. The number of unbranched alkanes of at least 4 members (excludes halogenated alkanes) is 2. The third kappa shape index (κ3) is 16.0. The highest BCUT2D eigenvalue weighted by atomic mass is 32.1. The number of carbonyl (C=O) groups excluding carboxylic acids is 6. The maximum atomic E-state index is 13.8. The van der Waals surface area contributed by atoms with Gasteiger partial charge in [0.25, 0.3) is 17.7 Å². The van der Waals surface area contributed by atoms with E-state index in [1.54, 1.807) is 54.9 Å². The number of aromatic nitrogens is 5. The first kappa shape index (κ1) is 66.0. The number of carboxylic acid groups (broad SMARTS) is 1. The van der Waals surface area contributed by atoms with Crippen molar-refractivity contribution in [2.45, 2.75) is 123 Å². The Labute approximate surface area is 542 Å². The van der Waals surface area contributed by atoms with Crippen LogP contribution in [-0.4, -0.2) is 149 Å². The molecule has 2 aliphatic heterocycles. The summed E-state index contributed by atoms with van der Waals surface area (Å²) in [7, 11) is -4.35. The van der Waals surface area contributed by atoms with Crippen molar-refractivity contribution < 1.29 is 62.5 Å². The number of anilines is 3. The molecule has 26 heteroatoms. The van der Waals surface area contributed by atoms with Crippen molar-refractivity contribution in [3.63, 3.8) is 0 Å².